The number of piperazine rings is 1. The smallest absolute Gasteiger partial charge is 0.410 e. The number of rotatable bonds is 1. The zero-order valence-corrected chi connectivity index (χ0v) is 14.8. The first-order chi connectivity index (χ1) is 11.2. The second kappa shape index (κ2) is 8.26. The van der Waals surface area contributed by atoms with Crippen molar-refractivity contribution < 1.29 is 22.7 Å². The highest BCUT2D eigenvalue weighted by Gasteiger charge is 2.28. The minimum atomic E-state index is -0.953. The van der Waals surface area contributed by atoms with Crippen molar-refractivity contribution in [2.75, 3.05) is 31.1 Å². The van der Waals surface area contributed by atoms with Gasteiger partial charge in [-0.3, -0.25) is 0 Å². The Kier molecular flexibility index (Phi) is 6.93. The van der Waals surface area contributed by atoms with Crippen molar-refractivity contribution in [1.29, 1.82) is 0 Å². The molecule has 1 aliphatic heterocycles. The van der Waals surface area contributed by atoms with Gasteiger partial charge in [0, 0.05) is 38.3 Å². The molecule has 4 nitrogen and oxygen atoms in total. The van der Waals surface area contributed by atoms with Gasteiger partial charge in [-0.1, -0.05) is 13.8 Å². The summed E-state index contributed by atoms with van der Waals surface area (Å²) in [6.07, 6.45) is -0.452. The van der Waals surface area contributed by atoms with Crippen molar-refractivity contribution >= 4 is 11.8 Å². The molecule has 0 N–H and O–H groups in total. The number of ether oxygens (including phenoxy) is 1. The van der Waals surface area contributed by atoms with Crippen molar-refractivity contribution in [3.63, 3.8) is 0 Å². The van der Waals surface area contributed by atoms with Crippen LogP contribution in [0.1, 0.15) is 34.6 Å². The number of carbonyl (C=O) groups excluding carboxylic acids is 1. The molecule has 24 heavy (non-hydrogen) atoms. The molecule has 0 spiro atoms. The zero-order valence-electron chi connectivity index (χ0n) is 14.8. The lowest BCUT2D eigenvalue weighted by molar-refractivity contribution is 0.0240. The van der Waals surface area contributed by atoms with Gasteiger partial charge in [-0.05, 0) is 20.8 Å². The van der Waals surface area contributed by atoms with Crippen LogP contribution in [0.4, 0.5) is 23.7 Å². The molecule has 1 amide bonds. The van der Waals surface area contributed by atoms with Gasteiger partial charge >= 0.3 is 6.09 Å². The van der Waals surface area contributed by atoms with Crippen LogP contribution in [0.2, 0.25) is 0 Å². The molecule has 0 saturated carbocycles. The fourth-order valence-electron chi connectivity index (χ4n) is 2.28. The third-order valence-electron chi connectivity index (χ3n) is 3.23. The largest absolute Gasteiger partial charge is 0.444 e. The topological polar surface area (TPSA) is 32.8 Å². The third kappa shape index (κ3) is 5.32. The first-order valence-electron chi connectivity index (χ1n) is 8.05. The molecular formula is C17H25F3N2O2. The lowest BCUT2D eigenvalue weighted by Gasteiger charge is -2.36. The Morgan fingerprint density at radius 2 is 1.46 bits per heavy atom. The van der Waals surface area contributed by atoms with E-state index in [2.05, 4.69) is 0 Å². The summed E-state index contributed by atoms with van der Waals surface area (Å²) in [5.41, 5.74) is -0.853. The quantitative estimate of drug-likeness (QED) is 0.764. The molecule has 0 atom stereocenters. The Labute approximate surface area is 141 Å². The minimum absolute atomic E-state index is 0.249. The van der Waals surface area contributed by atoms with Crippen molar-refractivity contribution in [3.05, 3.63) is 29.6 Å². The summed E-state index contributed by atoms with van der Waals surface area (Å²) in [4.78, 5) is 14.9. The van der Waals surface area contributed by atoms with Crippen LogP contribution in [-0.4, -0.2) is 42.8 Å². The summed E-state index contributed by atoms with van der Waals surface area (Å²) in [5.74, 6) is -2.84. The van der Waals surface area contributed by atoms with Gasteiger partial charge in [-0.25, -0.2) is 18.0 Å². The van der Waals surface area contributed by atoms with E-state index in [1.54, 1.807) is 20.8 Å². The molecule has 1 aromatic rings. The standard InChI is InChI=1S/C15H19F3N2O2.C2H6/c1-15(2,3)22-14(21)20-6-4-19(5-7-20)13-11(17)8-10(16)9-12(13)18;1-2/h8-9H,4-7H2,1-3H3;1-2H3. The van der Waals surface area contributed by atoms with E-state index in [-0.39, 0.29) is 31.9 Å². The summed E-state index contributed by atoms with van der Waals surface area (Å²) in [7, 11) is 0. The van der Waals surface area contributed by atoms with E-state index in [0.29, 0.717) is 12.1 Å². The Hall–Kier alpha value is -1.92. The van der Waals surface area contributed by atoms with Gasteiger partial charge < -0.3 is 14.5 Å². The van der Waals surface area contributed by atoms with Crippen LogP contribution in [0.25, 0.3) is 0 Å². The zero-order chi connectivity index (χ0) is 18.5. The third-order valence-corrected chi connectivity index (χ3v) is 3.23. The SMILES string of the molecule is CC.CC(C)(C)OC(=O)N1CCN(c2c(F)cc(F)cc2F)CC1. The molecule has 0 radical (unpaired) electrons. The Morgan fingerprint density at radius 1 is 1.00 bits per heavy atom. The van der Waals surface area contributed by atoms with Crippen LogP contribution >= 0.6 is 0 Å². The van der Waals surface area contributed by atoms with Gasteiger partial charge in [0.15, 0.2) is 11.6 Å². The first kappa shape index (κ1) is 20.1. The molecule has 7 heteroatoms. The minimum Gasteiger partial charge on any atom is -0.444 e. The van der Waals surface area contributed by atoms with Crippen LogP contribution in [0.5, 0.6) is 0 Å². The molecule has 0 bridgehead atoms. The molecule has 136 valence electrons. The summed E-state index contributed by atoms with van der Waals surface area (Å²) in [6, 6.07) is 1.30. The molecule has 0 unspecified atom stereocenters. The second-order valence-electron chi connectivity index (χ2n) is 6.17. The van der Waals surface area contributed by atoms with Crippen LogP contribution in [0, 0.1) is 17.5 Å². The highest BCUT2D eigenvalue weighted by atomic mass is 19.1. The summed E-state index contributed by atoms with van der Waals surface area (Å²) in [6.45, 7) is 10.4. The monoisotopic (exact) mass is 346 g/mol. The summed E-state index contributed by atoms with van der Waals surface area (Å²) >= 11 is 0. The predicted octanol–water partition coefficient (Wildman–Crippen LogP) is 4.19. The fraction of sp³-hybridized carbons (Fsp3) is 0.588. The van der Waals surface area contributed by atoms with Crippen LogP contribution in [0.3, 0.4) is 0 Å². The van der Waals surface area contributed by atoms with E-state index in [1.807, 2.05) is 13.8 Å². The van der Waals surface area contributed by atoms with Gasteiger partial charge in [-0.2, -0.15) is 0 Å². The number of hydrogen-bond donors (Lipinski definition) is 0. The van der Waals surface area contributed by atoms with Crippen molar-refractivity contribution in [2.45, 2.75) is 40.2 Å². The first-order valence-corrected chi connectivity index (χ1v) is 8.05. The number of carbonyl (C=O) groups is 1. The number of hydrogen-bond acceptors (Lipinski definition) is 3. The molecule has 2 rings (SSSR count). The molecule has 0 aliphatic carbocycles. The molecular weight excluding hydrogens is 321 g/mol. The second-order valence-corrected chi connectivity index (χ2v) is 6.17. The van der Waals surface area contributed by atoms with E-state index in [1.165, 1.54) is 9.80 Å². The number of benzene rings is 1. The lowest BCUT2D eigenvalue weighted by atomic mass is 10.2. The Balaban J connectivity index is 0.00000139. The van der Waals surface area contributed by atoms with Crippen LogP contribution in [-0.2, 0) is 4.74 Å². The average molecular weight is 346 g/mol. The summed E-state index contributed by atoms with van der Waals surface area (Å²) < 4.78 is 45.7. The highest BCUT2D eigenvalue weighted by Crippen LogP contribution is 2.26. The molecule has 1 aliphatic rings. The van der Waals surface area contributed by atoms with E-state index in [4.69, 9.17) is 4.74 Å². The van der Waals surface area contributed by atoms with Crippen LogP contribution < -0.4 is 4.90 Å². The maximum atomic E-state index is 13.7. The van der Waals surface area contributed by atoms with Crippen molar-refractivity contribution in [3.8, 4) is 0 Å². The van der Waals surface area contributed by atoms with E-state index < -0.39 is 29.1 Å². The number of anilines is 1. The predicted molar refractivity (Wildman–Crippen MR) is 87.7 cm³/mol. The molecule has 1 heterocycles. The van der Waals surface area contributed by atoms with Gasteiger partial charge in [0.05, 0.1) is 0 Å². The maximum absolute atomic E-state index is 13.7. The fourth-order valence-corrected chi connectivity index (χ4v) is 2.28. The van der Waals surface area contributed by atoms with Gasteiger partial charge in [0.25, 0.3) is 0 Å². The van der Waals surface area contributed by atoms with E-state index >= 15 is 0 Å². The molecule has 0 aromatic heterocycles. The average Bonchev–Trinajstić information content (AvgIpc) is 2.47. The number of nitrogens with zero attached hydrogens (tertiary/aromatic N) is 2. The number of amides is 1. The summed E-state index contributed by atoms with van der Waals surface area (Å²) in [5, 5.41) is 0. The molecule has 1 fully saturated rings. The van der Waals surface area contributed by atoms with Gasteiger partial charge in [0.2, 0.25) is 0 Å². The number of halogens is 3. The normalized spacial score (nSPS) is 14.8. The van der Waals surface area contributed by atoms with Gasteiger partial charge in [0.1, 0.15) is 17.1 Å². The van der Waals surface area contributed by atoms with Crippen molar-refractivity contribution in [2.24, 2.45) is 0 Å². The Bertz CT molecular complexity index is 542. The maximum Gasteiger partial charge on any atom is 0.410 e. The van der Waals surface area contributed by atoms with E-state index in [9.17, 15) is 18.0 Å². The highest BCUT2D eigenvalue weighted by molar-refractivity contribution is 5.68. The molecule has 1 aromatic carbocycles. The van der Waals surface area contributed by atoms with E-state index in [0.717, 1.165) is 0 Å². The Morgan fingerprint density at radius 3 is 1.88 bits per heavy atom. The van der Waals surface area contributed by atoms with Gasteiger partial charge in [-0.15, -0.1) is 0 Å². The van der Waals surface area contributed by atoms with Crippen LogP contribution in [0.15, 0.2) is 12.1 Å². The molecule has 1 saturated heterocycles. The lowest BCUT2D eigenvalue weighted by Crippen LogP contribution is -2.50. The van der Waals surface area contributed by atoms with Crippen molar-refractivity contribution in [1.82, 2.24) is 4.90 Å².